The predicted octanol–water partition coefficient (Wildman–Crippen LogP) is 2.32. The fraction of sp³-hybridized carbons (Fsp3) is 0.529. The maximum Gasteiger partial charge on any atom is 0.238 e. The lowest BCUT2D eigenvalue weighted by Crippen LogP contribution is -2.39. The van der Waals surface area contributed by atoms with Crippen molar-refractivity contribution < 1.29 is 14.3 Å². The third kappa shape index (κ3) is 5.25. The lowest BCUT2D eigenvalue weighted by atomic mass is 10.0. The molecule has 1 aliphatic heterocycles. The Balaban J connectivity index is 2.02. The van der Waals surface area contributed by atoms with Crippen molar-refractivity contribution in [3.63, 3.8) is 0 Å². The summed E-state index contributed by atoms with van der Waals surface area (Å²) in [5.41, 5.74) is 1.19. The van der Waals surface area contributed by atoms with Crippen molar-refractivity contribution in [3.05, 3.63) is 18.2 Å². The molecule has 0 saturated carbocycles. The number of carbonyl (C=O) groups excluding carboxylic acids is 2. The van der Waals surface area contributed by atoms with Gasteiger partial charge in [-0.25, -0.2) is 0 Å². The number of nitrogens with zero attached hydrogens (tertiary/aromatic N) is 1. The van der Waals surface area contributed by atoms with Crippen molar-refractivity contribution in [1.29, 1.82) is 0 Å². The Bertz CT molecular complexity index is 574. The Hall–Kier alpha value is -2.08. The molecular formula is C17H25N3O3. The summed E-state index contributed by atoms with van der Waals surface area (Å²) in [6, 6.07) is 5.17. The molecule has 0 radical (unpaired) electrons. The molecule has 0 aliphatic carbocycles. The zero-order valence-corrected chi connectivity index (χ0v) is 14.0. The molecule has 2 amide bonds. The van der Waals surface area contributed by atoms with E-state index in [2.05, 4.69) is 22.5 Å². The van der Waals surface area contributed by atoms with E-state index in [1.54, 1.807) is 25.3 Å². The van der Waals surface area contributed by atoms with Crippen LogP contribution >= 0.6 is 0 Å². The first-order valence-electron chi connectivity index (χ1n) is 7.95. The second kappa shape index (κ2) is 7.97. The molecule has 23 heavy (non-hydrogen) atoms. The van der Waals surface area contributed by atoms with Crippen molar-refractivity contribution >= 4 is 23.2 Å². The van der Waals surface area contributed by atoms with Gasteiger partial charge in [0.2, 0.25) is 11.8 Å². The zero-order valence-electron chi connectivity index (χ0n) is 14.0. The molecule has 1 fully saturated rings. The van der Waals surface area contributed by atoms with E-state index in [1.165, 1.54) is 13.3 Å². The first kappa shape index (κ1) is 17.3. The molecule has 2 rings (SSSR count). The number of nitrogens with one attached hydrogen (secondary N) is 2. The topological polar surface area (TPSA) is 70.7 Å². The van der Waals surface area contributed by atoms with Gasteiger partial charge in [0.1, 0.15) is 5.75 Å². The number of amides is 2. The van der Waals surface area contributed by atoms with E-state index >= 15 is 0 Å². The van der Waals surface area contributed by atoms with Crippen LogP contribution in [0.4, 0.5) is 11.4 Å². The van der Waals surface area contributed by atoms with E-state index in [9.17, 15) is 9.59 Å². The lowest BCUT2D eigenvalue weighted by molar-refractivity contribution is -0.117. The molecule has 6 nitrogen and oxygen atoms in total. The number of hydrogen-bond donors (Lipinski definition) is 2. The summed E-state index contributed by atoms with van der Waals surface area (Å²) in [5.74, 6) is 0.973. The van der Waals surface area contributed by atoms with Crippen LogP contribution in [-0.2, 0) is 9.59 Å². The van der Waals surface area contributed by atoms with Gasteiger partial charge in [-0.3, -0.25) is 14.5 Å². The van der Waals surface area contributed by atoms with E-state index < -0.39 is 0 Å². The van der Waals surface area contributed by atoms with Crippen LogP contribution in [0.25, 0.3) is 0 Å². The molecule has 2 N–H and O–H groups in total. The van der Waals surface area contributed by atoms with Gasteiger partial charge < -0.3 is 15.4 Å². The number of methoxy groups -OCH3 is 1. The molecule has 6 heteroatoms. The standard InChI is InChI=1S/C17H25N3O3/c1-12-5-4-8-20(10-12)11-17(22)19-15-9-14(18-13(2)21)6-7-16(15)23-3/h6-7,9,12H,4-5,8,10-11H2,1-3H3,(H,18,21)(H,19,22). The molecule has 0 bridgehead atoms. The van der Waals surface area contributed by atoms with E-state index in [1.807, 2.05) is 0 Å². The van der Waals surface area contributed by atoms with Crippen molar-refractivity contribution in [2.75, 3.05) is 37.4 Å². The summed E-state index contributed by atoms with van der Waals surface area (Å²) >= 11 is 0. The van der Waals surface area contributed by atoms with Gasteiger partial charge in [-0.2, -0.15) is 0 Å². The summed E-state index contributed by atoms with van der Waals surface area (Å²) in [6.45, 7) is 5.94. The highest BCUT2D eigenvalue weighted by molar-refractivity contribution is 5.95. The Morgan fingerprint density at radius 2 is 2.13 bits per heavy atom. The minimum absolute atomic E-state index is 0.0719. The maximum atomic E-state index is 12.3. The number of rotatable bonds is 5. The van der Waals surface area contributed by atoms with Crippen molar-refractivity contribution in [1.82, 2.24) is 4.90 Å². The average molecular weight is 319 g/mol. The third-order valence-electron chi connectivity index (χ3n) is 3.90. The second-order valence-corrected chi connectivity index (χ2v) is 6.13. The quantitative estimate of drug-likeness (QED) is 0.874. The first-order valence-corrected chi connectivity index (χ1v) is 7.95. The summed E-state index contributed by atoms with van der Waals surface area (Å²) in [5, 5.41) is 5.58. The number of benzene rings is 1. The zero-order chi connectivity index (χ0) is 16.8. The Kier molecular flexibility index (Phi) is 5.98. The Labute approximate surface area is 137 Å². The Morgan fingerprint density at radius 1 is 1.35 bits per heavy atom. The molecule has 1 heterocycles. The summed E-state index contributed by atoms with van der Waals surface area (Å²) in [6.07, 6.45) is 2.36. The fourth-order valence-corrected chi connectivity index (χ4v) is 2.91. The van der Waals surface area contributed by atoms with E-state index in [0.29, 0.717) is 29.6 Å². The van der Waals surface area contributed by atoms with E-state index in [-0.39, 0.29) is 11.8 Å². The normalized spacial score (nSPS) is 18.3. The van der Waals surface area contributed by atoms with Crippen LogP contribution < -0.4 is 15.4 Å². The smallest absolute Gasteiger partial charge is 0.238 e. The number of piperidine rings is 1. The van der Waals surface area contributed by atoms with Crippen LogP contribution in [0.5, 0.6) is 5.75 Å². The lowest BCUT2D eigenvalue weighted by Gasteiger charge is -2.30. The van der Waals surface area contributed by atoms with Crippen LogP contribution in [0.15, 0.2) is 18.2 Å². The van der Waals surface area contributed by atoms with E-state index in [0.717, 1.165) is 19.5 Å². The summed E-state index contributed by atoms with van der Waals surface area (Å²) < 4.78 is 5.27. The van der Waals surface area contributed by atoms with Gasteiger partial charge in [0.05, 0.1) is 19.3 Å². The molecule has 0 spiro atoms. The average Bonchev–Trinajstić information content (AvgIpc) is 2.46. The van der Waals surface area contributed by atoms with Crippen LogP contribution in [0, 0.1) is 5.92 Å². The Morgan fingerprint density at radius 3 is 2.78 bits per heavy atom. The molecule has 0 aromatic heterocycles. The fourth-order valence-electron chi connectivity index (χ4n) is 2.91. The molecule has 1 atom stereocenters. The van der Waals surface area contributed by atoms with Crippen LogP contribution in [-0.4, -0.2) is 43.5 Å². The number of likely N-dealkylation sites (tertiary alicyclic amines) is 1. The van der Waals surface area contributed by atoms with E-state index in [4.69, 9.17) is 4.74 Å². The highest BCUT2D eigenvalue weighted by Crippen LogP contribution is 2.28. The van der Waals surface area contributed by atoms with Crippen LogP contribution in [0.1, 0.15) is 26.7 Å². The molecule has 1 aromatic carbocycles. The second-order valence-electron chi connectivity index (χ2n) is 6.13. The van der Waals surface area contributed by atoms with Gasteiger partial charge >= 0.3 is 0 Å². The molecule has 126 valence electrons. The highest BCUT2D eigenvalue weighted by atomic mass is 16.5. The van der Waals surface area contributed by atoms with Crippen molar-refractivity contribution in [3.8, 4) is 5.75 Å². The summed E-state index contributed by atoms with van der Waals surface area (Å²) in [7, 11) is 1.55. The SMILES string of the molecule is COc1ccc(NC(C)=O)cc1NC(=O)CN1CCCC(C)C1. The van der Waals surface area contributed by atoms with Gasteiger partial charge in [-0.1, -0.05) is 6.92 Å². The molecular weight excluding hydrogens is 294 g/mol. The molecule has 1 saturated heterocycles. The minimum Gasteiger partial charge on any atom is -0.495 e. The minimum atomic E-state index is -0.158. The van der Waals surface area contributed by atoms with Gasteiger partial charge in [0, 0.05) is 19.2 Å². The van der Waals surface area contributed by atoms with Gasteiger partial charge in [0.25, 0.3) is 0 Å². The first-order chi connectivity index (χ1) is 11.0. The third-order valence-corrected chi connectivity index (χ3v) is 3.90. The number of anilines is 2. The number of ether oxygens (including phenoxy) is 1. The monoisotopic (exact) mass is 319 g/mol. The number of hydrogen-bond acceptors (Lipinski definition) is 4. The number of carbonyl (C=O) groups is 2. The maximum absolute atomic E-state index is 12.3. The van der Waals surface area contributed by atoms with Crippen molar-refractivity contribution in [2.45, 2.75) is 26.7 Å². The highest BCUT2D eigenvalue weighted by Gasteiger charge is 2.19. The predicted molar refractivity (Wildman–Crippen MR) is 90.8 cm³/mol. The molecule has 1 aromatic rings. The van der Waals surface area contributed by atoms with Gasteiger partial charge in [-0.15, -0.1) is 0 Å². The van der Waals surface area contributed by atoms with Crippen molar-refractivity contribution in [2.24, 2.45) is 5.92 Å². The summed E-state index contributed by atoms with van der Waals surface area (Å²) in [4.78, 5) is 25.6. The van der Waals surface area contributed by atoms with Gasteiger partial charge in [0.15, 0.2) is 0 Å². The van der Waals surface area contributed by atoms with Crippen LogP contribution in [0.3, 0.4) is 0 Å². The largest absolute Gasteiger partial charge is 0.495 e. The molecule has 1 unspecified atom stereocenters. The molecule has 1 aliphatic rings. The van der Waals surface area contributed by atoms with Crippen LogP contribution in [0.2, 0.25) is 0 Å². The van der Waals surface area contributed by atoms with Gasteiger partial charge in [-0.05, 0) is 43.5 Å².